The van der Waals surface area contributed by atoms with Crippen LogP contribution in [0, 0.1) is 0 Å². The minimum absolute atomic E-state index is 0. The van der Waals surface area contributed by atoms with Crippen LogP contribution in [-0.4, -0.2) is 50.6 Å². The van der Waals surface area contributed by atoms with Crippen LogP contribution in [0.1, 0.15) is 19.8 Å². The van der Waals surface area contributed by atoms with Crippen molar-refractivity contribution in [2.45, 2.75) is 24.7 Å². The number of carbonyl (C=O) groups is 1. The van der Waals surface area contributed by atoms with E-state index in [0.29, 0.717) is 17.4 Å². The third-order valence-electron chi connectivity index (χ3n) is 4.09. The molecular formula is C17H23ClN4O3S2. The third-order valence-corrected chi connectivity index (χ3v) is 6.56. The minimum Gasteiger partial charge on any atom is -0.326 e. The lowest BCUT2D eigenvalue weighted by Gasteiger charge is -2.11. The SMILES string of the molecule is CC(=O)Nc1ccc(S(=O)(=O)NC2=NC/C(=C/CN3CCCC3)S2)cc1.Cl. The van der Waals surface area contributed by atoms with Crippen molar-refractivity contribution >= 4 is 51.0 Å². The van der Waals surface area contributed by atoms with Gasteiger partial charge >= 0.3 is 0 Å². The van der Waals surface area contributed by atoms with Crippen molar-refractivity contribution in [1.82, 2.24) is 9.62 Å². The maximum Gasteiger partial charge on any atom is 0.263 e. The van der Waals surface area contributed by atoms with Gasteiger partial charge in [0.05, 0.1) is 11.4 Å². The Bertz CT molecular complexity index is 832. The van der Waals surface area contributed by atoms with Gasteiger partial charge in [-0.05, 0) is 50.2 Å². The Balaban J connectivity index is 0.00000261. The molecule has 0 unspecified atom stereocenters. The largest absolute Gasteiger partial charge is 0.326 e. The topological polar surface area (TPSA) is 90.9 Å². The lowest BCUT2D eigenvalue weighted by molar-refractivity contribution is -0.114. The fourth-order valence-electron chi connectivity index (χ4n) is 2.79. The number of hydrogen-bond acceptors (Lipinski definition) is 6. The van der Waals surface area contributed by atoms with Crippen LogP contribution in [0.25, 0.3) is 0 Å². The van der Waals surface area contributed by atoms with Gasteiger partial charge in [0.15, 0.2) is 5.17 Å². The quantitative estimate of drug-likeness (QED) is 0.748. The van der Waals surface area contributed by atoms with Crippen LogP contribution in [0.15, 0.2) is 45.1 Å². The first kappa shape index (κ1) is 21.7. The summed E-state index contributed by atoms with van der Waals surface area (Å²) in [6.45, 7) is 5.06. The molecule has 0 aromatic heterocycles. The number of anilines is 1. The fraction of sp³-hybridized carbons (Fsp3) is 0.412. The molecule has 0 saturated carbocycles. The van der Waals surface area contributed by atoms with Gasteiger partial charge in [0.1, 0.15) is 0 Å². The predicted molar refractivity (Wildman–Crippen MR) is 112 cm³/mol. The van der Waals surface area contributed by atoms with Gasteiger partial charge in [-0.15, -0.1) is 12.4 Å². The zero-order valence-corrected chi connectivity index (χ0v) is 17.4. The molecule has 2 aliphatic rings. The van der Waals surface area contributed by atoms with E-state index >= 15 is 0 Å². The highest BCUT2D eigenvalue weighted by atomic mass is 35.5. The highest BCUT2D eigenvalue weighted by Gasteiger charge is 2.21. The van der Waals surface area contributed by atoms with Crippen LogP contribution in [0.5, 0.6) is 0 Å². The molecule has 148 valence electrons. The lowest BCUT2D eigenvalue weighted by Crippen LogP contribution is -2.27. The Morgan fingerprint density at radius 1 is 1.26 bits per heavy atom. The second kappa shape index (κ2) is 9.59. The van der Waals surface area contributed by atoms with Gasteiger partial charge in [-0.3, -0.25) is 19.4 Å². The number of thioether (sulfide) groups is 1. The molecule has 0 atom stereocenters. The summed E-state index contributed by atoms with van der Waals surface area (Å²) in [4.78, 5) is 18.9. The first-order valence-electron chi connectivity index (χ1n) is 8.46. The summed E-state index contributed by atoms with van der Waals surface area (Å²) in [5.41, 5.74) is 0.552. The van der Waals surface area contributed by atoms with Gasteiger partial charge in [0.25, 0.3) is 10.0 Å². The molecule has 2 aliphatic heterocycles. The maximum atomic E-state index is 12.5. The van der Waals surface area contributed by atoms with Gasteiger partial charge < -0.3 is 5.32 Å². The molecule has 2 heterocycles. The molecule has 1 amide bonds. The Hall–Kier alpha value is -1.55. The number of carbonyl (C=O) groups excluding carboxylic acids is 1. The summed E-state index contributed by atoms with van der Waals surface area (Å²) in [5.74, 6) is -0.205. The average molecular weight is 431 g/mol. The molecule has 7 nitrogen and oxygen atoms in total. The number of hydrogen-bond donors (Lipinski definition) is 2. The van der Waals surface area contributed by atoms with Crippen LogP contribution >= 0.6 is 24.2 Å². The molecule has 0 radical (unpaired) electrons. The van der Waals surface area contributed by atoms with E-state index in [1.165, 1.54) is 43.7 Å². The van der Waals surface area contributed by atoms with E-state index < -0.39 is 10.0 Å². The molecule has 1 aromatic carbocycles. The van der Waals surface area contributed by atoms with Crippen molar-refractivity contribution in [2.24, 2.45) is 4.99 Å². The number of likely N-dealkylation sites (tertiary alicyclic amines) is 1. The van der Waals surface area contributed by atoms with E-state index in [1.54, 1.807) is 12.1 Å². The van der Waals surface area contributed by atoms with Crippen molar-refractivity contribution in [1.29, 1.82) is 0 Å². The Labute approximate surface area is 170 Å². The molecule has 1 fully saturated rings. The number of amides is 1. The molecule has 2 N–H and O–H groups in total. The standard InChI is InChI=1S/C17H22N4O3S2.ClH/c1-13(22)19-14-4-6-16(7-5-14)26(23,24)20-17-18-12-15(25-17)8-11-21-9-2-3-10-21;/h4-8H,2-3,9-12H2,1H3,(H,18,20)(H,19,22);1H/b15-8-;. The van der Waals surface area contributed by atoms with Gasteiger partial charge in [-0.1, -0.05) is 17.8 Å². The zero-order valence-electron chi connectivity index (χ0n) is 15.0. The molecule has 0 aliphatic carbocycles. The number of amidine groups is 1. The second-order valence-electron chi connectivity index (χ2n) is 6.21. The van der Waals surface area contributed by atoms with Crippen molar-refractivity contribution < 1.29 is 13.2 Å². The predicted octanol–water partition coefficient (Wildman–Crippen LogP) is 2.43. The first-order chi connectivity index (χ1) is 12.4. The van der Waals surface area contributed by atoms with Crippen LogP contribution in [-0.2, 0) is 14.8 Å². The van der Waals surface area contributed by atoms with E-state index in [2.05, 4.69) is 26.0 Å². The molecule has 1 aromatic rings. The summed E-state index contributed by atoms with van der Waals surface area (Å²) in [7, 11) is -3.69. The number of benzene rings is 1. The van der Waals surface area contributed by atoms with Crippen molar-refractivity contribution in [2.75, 3.05) is 31.5 Å². The highest BCUT2D eigenvalue weighted by molar-refractivity contribution is 8.18. The van der Waals surface area contributed by atoms with Crippen LogP contribution < -0.4 is 10.0 Å². The fourth-order valence-corrected chi connectivity index (χ4v) is 4.86. The number of halogens is 1. The van der Waals surface area contributed by atoms with Gasteiger partial charge in [-0.25, -0.2) is 8.42 Å². The molecular weight excluding hydrogens is 408 g/mol. The molecule has 0 spiro atoms. The third kappa shape index (κ3) is 6.24. The molecule has 0 bridgehead atoms. The van der Waals surface area contributed by atoms with E-state index in [0.717, 1.165) is 24.5 Å². The van der Waals surface area contributed by atoms with Crippen LogP contribution in [0.2, 0.25) is 0 Å². The maximum absolute atomic E-state index is 12.5. The highest BCUT2D eigenvalue weighted by Crippen LogP contribution is 2.25. The summed E-state index contributed by atoms with van der Waals surface area (Å²) in [5, 5.41) is 3.00. The minimum atomic E-state index is -3.69. The second-order valence-corrected chi connectivity index (χ2v) is 9.01. The Kier molecular flexibility index (Phi) is 7.72. The molecule has 27 heavy (non-hydrogen) atoms. The van der Waals surface area contributed by atoms with Gasteiger partial charge in [0, 0.05) is 24.1 Å². The Morgan fingerprint density at radius 3 is 2.56 bits per heavy atom. The van der Waals surface area contributed by atoms with E-state index in [1.807, 2.05) is 0 Å². The van der Waals surface area contributed by atoms with Crippen molar-refractivity contribution in [3.63, 3.8) is 0 Å². The number of sulfonamides is 1. The summed E-state index contributed by atoms with van der Waals surface area (Å²) >= 11 is 1.36. The van der Waals surface area contributed by atoms with Crippen molar-refractivity contribution in [3.8, 4) is 0 Å². The number of rotatable bonds is 5. The first-order valence-corrected chi connectivity index (χ1v) is 10.8. The smallest absolute Gasteiger partial charge is 0.263 e. The van der Waals surface area contributed by atoms with E-state index in [9.17, 15) is 13.2 Å². The molecule has 3 rings (SSSR count). The van der Waals surface area contributed by atoms with Crippen LogP contribution in [0.3, 0.4) is 0 Å². The van der Waals surface area contributed by atoms with Gasteiger partial charge in [0.2, 0.25) is 5.91 Å². The van der Waals surface area contributed by atoms with E-state index in [-0.39, 0.29) is 23.2 Å². The van der Waals surface area contributed by atoms with Crippen molar-refractivity contribution in [3.05, 3.63) is 35.2 Å². The van der Waals surface area contributed by atoms with Crippen LogP contribution in [0.4, 0.5) is 5.69 Å². The number of nitrogens with zero attached hydrogens (tertiary/aromatic N) is 2. The van der Waals surface area contributed by atoms with Gasteiger partial charge in [-0.2, -0.15) is 0 Å². The summed E-state index contributed by atoms with van der Waals surface area (Å²) < 4.78 is 27.5. The number of nitrogens with one attached hydrogen (secondary N) is 2. The molecule has 10 heteroatoms. The van der Waals surface area contributed by atoms with E-state index in [4.69, 9.17) is 0 Å². The lowest BCUT2D eigenvalue weighted by atomic mass is 10.3. The summed E-state index contributed by atoms with van der Waals surface area (Å²) in [6.07, 6.45) is 4.63. The monoisotopic (exact) mass is 430 g/mol. The summed E-state index contributed by atoms with van der Waals surface area (Å²) in [6, 6.07) is 6.03. The zero-order chi connectivity index (χ0) is 18.6. The average Bonchev–Trinajstić information content (AvgIpc) is 3.24. The molecule has 1 saturated heterocycles. The normalized spacial score (nSPS) is 18.9. The Morgan fingerprint density at radius 2 is 1.93 bits per heavy atom. The number of aliphatic imine (C=N–C) groups is 1.